The molecule has 0 fully saturated rings. The van der Waals surface area contributed by atoms with Crippen LogP contribution < -0.4 is 0 Å². The van der Waals surface area contributed by atoms with Crippen LogP contribution in [0.1, 0.15) is 32.0 Å². The minimum absolute atomic E-state index is 0.190. The molecule has 14 heavy (non-hydrogen) atoms. The molecule has 0 aromatic carbocycles. The van der Waals surface area contributed by atoms with Crippen molar-refractivity contribution in [2.24, 2.45) is 0 Å². The molecular weight excluding hydrogens is 186 g/mol. The van der Waals surface area contributed by atoms with Crippen LogP contribution in [0, 0.1) is 13.8 Å². The predicted octanol–water partition coefficient (Wildman–Crippen LogP) is 1.09. The first kappa shape index (κ1) is 10.2. The number of carboxylic acids is 2. The van der Waals surface area contributed by atoms with E-state index in [9.17, 15) is 9.59 Å². The molecule has 0 spiro atoms. The lowest BCUT2D eigenvalue weighted by Gasteiger charge is -2.06. The third-order valence-corrected chi connectivity index (χ3v) is 1.89. The monoisotopic (exact) mass is 195 g/mol. The number of hydrogen-bond donors (Lipinski definition) is 2. The van der Waals surface area contributed by atoms with Crippen LogP contribution in [0.15, 0.2) is 6.20 Å². The standard InChI is InChI=1S/C9H9NO4/c1-4-3-10-5(2)7(9(13)14)6(4)8(11)12/h3H,1-2H3,(H,11,12)(H,13,14). The number of carbonyl (C=O) groups is 2. The Morgan fingerprint density at radius 3 is 2.00 bits per heavy atom. The van der Waals surface area contributed by atoms with Crippen molar-refractivity contribution in [1.29, 1.82) is 0 Å². The molecule has 74 valence electrons. The summed E-state index contributed by atoms with van der Waals surface area (Å²) in [6.45, 7) is 2.98. The first-order valence-corrected chi connectivity index (χ1v) is 3.88. The fourth-order valence-corrected chi connectivity index (χ4v) is 1.24. The third kappa shape index (κ3) is 1.56. The number of hydrogen-bond acceptors (Lipinski definition) is 3. The highest BCUT2D eigenvalue weighted by atomic mass is 16.4. The minimum atomic E-state index is -1.27. The van der Waals surface area contributed by atoms with E-state index < -0.39 is 11.9 Å². The Morgan fingerprint density at radius 1 is 1.14 bits per heavy atom. The second-order valence-electron chi connectivity index (χ2n) is 2.89. The van der Waals surface area contributed by atoms with E-state index in [1.54, 1.807) is 0 Å². The molecule has 0 aliphatic rings. The number of aryl methyl sites for hydroxylation is 2. The zero-order valence-corrected chi connectivity index (χ0v) is 7.74. The summed E-state index contributed by atoms with van der Waals surface area (Å²) in [5, 5.41) is 17.6. The van der Waals surface area contributed by atoms with Crippen molar-refractivity contribution >= 4 is 11.9 Å². The van der Waals surface area contributed by atoms with E-state index in [1.807, 2.05) is 0 Å². The second kappa shape index (κ2) is 3.45. The molecule has 0 amide bonds. The van der Waals surface area contributed by atoms with Crippen molar-refractivity contribution in [2.75, 3.05) is 0 Å². The van der Waals surface area contributed by atoms with Crippen molar-refractivity contribution in [3.63, 3.8) is 0 Å². The maximum atomic E-state index is 10.8. The quantitative estimate of drug-likeness (QED) is 0.737. The van der Waals surface area contributed by atoms with Gasteiger partial charge in [-0.25, -0.2) is 9.59 Å². The molecule has 1 heterocycles. The summed E-state index contributed by atoms with van der Waals surface area (Å²) in [7, 11) is 0. The van der Waals surface area contributed by atoms with Crippen molar-refractivity contribution in [1.82, 2.24) is 4.98 Å². The van der Waals surface area contributed by atoms with Gasteiger partial charge < -0.3 is 10.2 Å². The van der Waals surface area contributed by atoms with Gasteiger partial charge >= 0.3 is 11.9 Å². The fourth-order valence-electron chi connectivity index (χ4n) is 1.24. The van der Waals surface area contributed by atoms with Crippen LogP contribution in [0.3, 0.4) is 0 Å². The highest BCUT2D eigenvalue weighted by molar-refractivity contribution is 6.03. The van der Waals surface area contributed by atoms with E-state index in [0.717, 1.165) is 0 Å². The van der Waals surface area contributed by atoms with Gasteiger partial charge in [0, 0.05) is 6.20 Å². The van der Waals surface area contributed by atoms with Crippen molar-refractivity contribution in [2.45, 2.75) is 13.8 Å². The van der Waals surface area contributed by atoms with E-state index in [1.165, 1.54) is 20.0 Å². The van der Waals surface area contributed by atoms with Crippen LogP contribution in [0.2, 0.25) is 0 Å². The molecule has 5 nitrogen and oxygen atoms in total. The number of aromatic nitrogens is 1. The van der Waals surface area contributed by atoms with Crippen molar-refractivity contribution < 1.29 is 19.8 Å². The summed E-state index contributed by atoms with van der Waals surface area (Å²) in [5.74, 6) is -2.51. The molecule has 1 rings (SSSR count). The number of aromatic carboxylic acids is 2. The molecule has 5 heteroatoms. The first-order chi connectivity index (χ1) is 6.45. The van der Waals surface area contributed by atoms with Crippen LogP contribution in [-0.2, 0) is 0 Å². The Labute approximate surface area is 80.0 Å². The normalized spacial score (nSPS) is 9.86. The summed E-state index contributed by atoms with van der Waals surface area (Å²) in [6, 6.07) is 0. The lowest BCUT2D eigenvalue weighted by Crippen LogP contribution is -2.13. The zero-order chi connectivity index (χ0) is 10.9. The van der Waals surface area contributed by atoms with Gasteiger partial charge in [-0.2, -0.15) is 0 Å². The summed E-state index contributed by atoms with van der Waals surface area (Å²) >= 11 is 0. The van der Waals surface area contributed by atoms with Gasteiger partial charge in [-0.1, -0.05) is 0 Å². The third-order valence-electron chi connectivity index (χ3n) is 1.89. The minimum Gasteiger partial charge on any atom is -0.478 e. The summed E-state index contributed by atoms with van der Waals surface area (Å²) in [6.07, 6.45) is 1.35. The maximum absolute atomic E-state index is 10.8. The van der Waals surface area contributed by atoms with Gasteiger partial charge in [-0.15, -0.1) is 0 Å². The number of nitrogens with zero attached hydrogens (tertiary/aromatic N) is 1. The van der Waals surface area contributed by atoms with Gasteiger partial charge in [0.2, 0.25) is 0 Å². The molecule has 0 bridgehead atoms. The van der Waals surface area contributed by atoms with Gasteiger partial charge in [0.25, 0.3) is 0 Å². The zero-order valence-electron chi connectivity index (χ0n) is 7.74. The number of carboxylic acid groups (broad SMARTS) is 2. The smallest absolute Gasteiger partial charge is 0.338 e. The molecule has 0 saturated heterocycles. The first-order valence-electron chi connectivity index (χ1n) is 3.88. The summed E-state index contributed by atoms with van der Waals surface area (Å²) in [4.78, 5) is 25.4. The molecule has 1 aromatic rings. The van der Waals surface area contributed by atoms with E-state index in [2.05, 4.69) is 4.98 Å². The lowest BCUT2D eigenvalue weighted by molar-refractivity contribution is 0.0649. The molecule has 1 aromatic heterocycles. The molecule has 0 aliphatic carbocycles. The Balaban J connectivity index is 3.58. The van der Waals surface area contributed by atoms with Crippen molar-refractivity contribution in [3.8, 4) is 0 Å². The van der Waals surface area contributed by atoms with Crippen LogP contribution in [0.5, 0.6) is 0 Å². The van der Waals surface area contributed by atoms with E-state index in [-0.39, 0.29) is 16.8 Å². The van der Waals surface area contributed by atoms with E-state index >= 15 is 0 Å². The van der Waals surface area contributed by atoms with Crippen LogP contribution in [-0.4, -0.2) is 27.1 Å². The molecule has 0 saturated carbocycles. The molecule has 0 unspecified atom stereocenters. The predicted molar refractivity (Wildman–Crippen MR) is 47.6 cm³/mol. The highest BCUT2D eigenvalue weighted by Crippen LogP contribution is 2.16. The average molecular weight is 195 g/mol. The van der Waals surface area contributed by atoms with Gasteiger partial charge in [-0.05, 0) is 19.4 Å². The largest absolute Gasteiger partial charge is 0.478 e. The number of pyridine rings is 1. The average Bonchev–Trinajstić information content (AvgIpc) is 2.07. The van der Waals surface area contributed by atoms with Gasteiger partial charge in [0.15, 0.2) is 0 Å². The Morgan fingerprint density at radius 2 is 1.64 bits per heavy atom. The molecule has 0 aliphatic heterocycles. The fraction of sp³-hybridized carbons (Fsp3) is 0.222. The van der Waals surface area contributed by atoms with Crippen LogP contribution in [0.4, 0.5) is 0 Å². The summed E-state index contributed by atoms with van der Waals surface area (Å²) in [5.41, 5.74) is 0.128. The van der Waals surface area contributed by atoms with Crippen LogP contribution in [0.25, 0.3) is 0 Å². The Bertz CT molecular complexity index is 373. The molecule has 0 atom stereocenters. The maximum Gasteiger partial charge on any atom is 0.338 e. The van der Waals surface area contributed by atoms with Gasteiger partial charge in [-0.3, -0.25) is 4.98 Å². The Kier molecular flexibility index (Phi) is 2.51. The van der Waals surface area contributed by atoms with Crippen LogP contribution >= 0.6 is 0 Å². The number of rotatable bonds is 2. The molecular formula is C9H9NO4. The molecule has 0 radical (unpaired) electrons. The van der Waals surface area contributed by atoms with Gasteiger partial charge in [0.1, 0.15) is 0 Å². The lowest BCUT2D eigenvalue weighted by atomic mass is 10.0. The highest BCUT2D eigenvalue weighted by Gasteiger charge is 2.21. The van der Waals surface area contributed by atoms with Gasteiger partial charge in [0.05, 0.1) is 16.8 Å². The second-order valence-corrected chi connectivity index (χ2v) is 2.89. The van der Waals surface area contributed by atoms with E-state index in [0.29, 0.717) is 5.56 Å². The van der Waals surface area contributed by atoms with Crippen molar-refractivity contribution in [3.05, 3.63) is 28.6 Å². The molecule has 2 N–H and O–H groups in total. The topological polar surface area (TPSA) is 87.5 Å². The Hall–Kier alpha value is -1.91. The SMILES string of the molecule is Cc1cnc(C)c(C(=O)O)c1C(=O)O. The summed E-state index contributed by atoms with van der Waals surface area (Å²) < 4.78 is 0. The van der Waals surface area contributed by atoms with E-state index in [4.69, 9.17) is 10.2 Å².